The molecule has 1 fully saturated rings. The van der Waals surface area contributed by atoms with Crippen molar-refractivity contribution in [2.75, 3.05) is 74.1 Å². The van der Waals surface area contributed by atoms with Gasteiger partial charge in [-0.3, -0.25) is 9.69 Å². The van der Waals surface area contributed by atoms with Crippen LogP contribution in [0.15, 0.2) is 0 Å². The van der Waals surface area contributed by atoms with Gasteiger partial charge < -0.3 is 19.4 Å². The molecule has 1 saturated heterocycles. The van der Waals surface area contributed by atoms with E-state index in [1.807, 2.05) is 16.8 Å². The van der Waals surface area contributed by atoms with Gasteiger partial charge in [0.25, 0.3) is 0 Å². The van der Waals surface area contributed by atoms with E-state index in [0.29, 0.717) is 39.3 Å². The van der Waals surface area contributed by atoms with Gasteiger partial charge in [0.05, 0.1) is 6.54 Å². The molecule has 3 amide bonds. The van der Waals surface area contributed by atoms with E-state index in [9.17, 15) is 9.59 Å². The minimum absolute atomic E-state index is 0.0128. The largest absolute Gasteiger partial charge is 0.385 e. The first-order valence-corrected chi connectivity index (χ1v) is 7.37. The van der Waals surface area contributed by atoms with Gasteiger partial charge in [-0.1, -0.05) is 0 Å². The highest BCUT2D eigenvalue weighted by molar-refractivity contribution is 5.79. The second-order valence-corrected chi connectivity index (χ2v) is 5.63. The van der Waals surface area contributed by atoms with E-state index in [4.69, 9.17) is 4.74 Å². The number of hydrogen-bond donors (Lipinski definition) is 0. The molecular formula is C14H28N4O3. The standard InChI is InChI=1S/C14H28N4O3/c1-15(2)14(20)18-9-7-17(8-10-18)13(19)12-16(3)6-5-11-21-4/h5-12H2,1-4H3. The normalized spacial score (nSPS) is 15.5. The van der Waals surface area contributed by atoms with Crippen LogP contribution in [0.3, 0.4) is 0 Å². The molecule has 1 aliphatic heterocycles. The lowest BCUT2D eigenvalue weighted by molar-refractivity contribution is -0.133. The minimum atomic E-state index is 0.0128. The summed E-state index contributed by atoms with van der Waals surface area (Å²) < 4.78 is 5.00. The highest BCUT2D eigenvalue weighted by atomic mass is 16.5. The molecule has 0 saturated carbocycles. The first-order chi connectivity index (χ1) is 9.95. The molecule has 0 aromatic rings. The third-order valence-electron chi connectivity index (χ3n) is 3.58. The number of carbonyl (C=O) groups excluding carboxylic acids is 2. The van der Waals surface area contributed by atoms with Crippen molar-refractivity contribution in [1.29, 1.82) is 0 Å². The van der Waals surface area contributed by atoms with E-state index in [0.717, 1.165) is 13.0 Å². The summed E-state index contributed by atoms with van der Waals surface area (Å²) >= 11 is 0. The summed E-state index contributed by atoms with van der Waals surface area (Å²) in [5.74, 6) is 0.131. The lowest BCUT2D eigenvalue weighted by Crippen LogP contribution is -2.54. The monoisotopic (exact) mass is 300 g/mol. The van der Waals surface area contributed by atoms with E-state index < -0.39 is 0 Å². The molecule has 0 atom stereocenters. The third-order valence-corrected chi connectivity index (χ3v) is 3.58. The van der Waals surface area contributed by atoms with E-state index in [-0.39, 0.29) is 11.9 Å². The summed E-state index contributed by atoms with van der Waals surface area (Å²) in [7, 11) is 7.11. The van der Waals surface area contributed by atoms with Crippen molar-refractivity contribution in [1.82, 2.24) is 19.6 Å². The molecule has 122 valence electrons. The molecule has 0 aromatic carbocycles. The van der Waals surface area contributed by atoms with Crippen molar-refractivity contribution >= 4 is 11.9 Å². The SMILES string of the molecule is COCCCN(C)CC(=O)N1CCN(C(=O)N(C)C)CC1. The van der Waals surface area contributed by atoms with Crippen LogP contribution in [0.2, 0.25) is 0 Å². The molecule has 1 aliphatic rings. The highest BCUT2D eigenvalue weighted by Crippen LogP contribution is 2.05. The Balaban J connectivity index is 2.30. The fourth-order valence-electron chi connectivity index (χ4n) is 2.32. The average molecular weight is 300 g/mol. The molecular weight excluding hydrogens is 272 g/mol. The van der Waals surface area contributed by atoms with Crippen LogP contribution in [0.1, 0.15) is 6.42 Å². The van der Waals surface area contributed by atoms with Gasteiger partial charge in [-0.2, -0.15) is 0 Å². The summed E-state index contributed by atoms with van der Waals surface area (Å²) in [6, 6.07) is 0.0128. The molecule has 1 rings (SSSR count). The van der Waals surface area contributed by atoms with Crippen LogP contribution in [0.25, 0.3) is 0 Å². The first kappa shape index (κ1) is 17.7. The minimum Gasteiger partial charge on any atom is -0.385 e. The van der Waals surface area contributed by atoms with Gasteiger partial charge in [0, 0.05) is 60.5 Å². The zero-order valence-electron chi connectivity index (χ0n) is 13.7. The summed E-state index contributed by atoms with van der Waals surface area (Å²) in [6.07, 6.45) is 0.922. The highest BCUT2D eigenvalue weighted by Gasteiger charge is 2.25. The van der Waals surface area contributed by atoms with Crippen molar-refractivity contribution in [2.45, 2.75) is 6.42 Å². The van der Waals surface area contributed by atoms with Crippen molar-refractivity contribution in [3.63, 3.8) is 0 Å². The zero-order chi connectivity index (χ0) is 15.8. The maximum Gasteiger partial charge on any atom is 0.319 e. The smallest absolute Gasteiger partial charge is 0.319 e. The molecule has 1 heterocycles. The quantitative estimate of drug-likeness (QED) is 0.637. The van der Waals surface area contributed by atoms with Gasteiger partial charge in [-0.25, -0.2) is 4.79 Å². The fraction of sp³-hybridized carbons (Fsp3) is 0.857. The van der Waals surface area contributed by atoms with E-state index in [1.165, 1.54) is 0 Å². The molecule has 0 aromatic heterocycles. The Morgan fingerprint density at radius 1 is 1.05 bits per heavy atom. The van der Waals surface area contributed by atoms with Crippen LogP contribution in [0.4, 0.5) is 4.79 Å². The van der Waals surface area contributed by atoms with Gasteiger partial charge in [0.1, 0.15) is 0 Å². The molecule has 0 radical (unpaired) electrons. The van der Waals surface area contributed by atoms with Crippen molar-refractivity contribution in [3.8, 4) is 0 Å². The maximum atomic E-state index is 12.2. The zero-order valence-corrected chi connectivity index (χ0v) is 13.7. The van der Waals surface area contributed by atoms with Gasteiger partial charge in [0.2, 0.25) is 5.91 Å². The number of ether oxygens (including phenoxy) is 1. The molecule has 21 heavy (non-hydrogen) atoms. The number of urea groups is 1. The second-order valence-electron chi connectivity index (χ2n) is 5.63. The van der Waals surface area contributed by atoms with Crippen LogP contribution in [-0.4, -0.2) is 106 Å². The van der Waals surface area contributed by atoms with Crippen LogP contribution >= 0.6 is 0 Å². The van der Waals surface area contributed by atoms with Gasteiger partial charge in [-0.15, -0.1) is 0 Å². The number of nitrogens with zero attached hydrogens (tertiary/aromatic N) is 4. The summed E-state index contributed by atoms with van der Waals surface area (Å²) in [5.41, 5.74) is 0. The summed E-state index contributed by atoms with van der Waals surface area (Å²) in [4.78, 5) is 31.2. The van der Waals surface area contributed by atoms with E-state index in [1.54, 1.807) is 31.0 Å². The van der Waals surface area contributed by atoms with Gasteiger partial charge >= 0.3 is 6.03 Å². The van der Waals surface area contributed by atoms with Gasteiger partial charge in [0.15, 0.2) is 0 Å². The number of carbonyl (C=O) groups is 2. The van der Waals surface area contributed by atoms with Crippen molar-refractivity contribution in [3.05, 3.63) is 0 Å². The Labute approximate surface area is 127 Å². The predicted molar refractivity (Wildman–Crippen MR) is 81.2 cm³/mol. The molecule has 0 spiro atoms. The maximum absolute atomic E-state index is 12.2. The van der Waals surface area contributed by atoms with Gasteiger partial charge in [-0.05, 0) is 13.5 Å². The molecule has 0 bridgehead atoms. The van der Waals surface area contributed by atoms with Crippen LogP contribution in [0.5, 0.6) is 0 Å². The number of hydrogen-bond acceptors (Lipinski definition) is 4. The van der Waals surface area contributed by atoms with E-state index in [2.05, 4.69) is 0 Å². The van der Waals surface area contributed by atoms with E-state index >= 15 is 0 Å². The second kappa shape index (κ2) is 8.84. The number of likely N-dealkylation sites (N-methyl/N-ethyl adjacent to an activating group) is 1. The number of methoxy groups -OCH3 is 1. The van der Waals surface area contributed by atoms with Crippen molar-refractivity contribution < 1.29 is 14.3 Å². The Bertz CT molecular complexity index is 341. The number of piperazine rings is 1. The number of amides is 3. The predicted octanol–water partition coefficient (Wildman–Crippen LogP) is -0.219. The van der Waals surface area contributed by atoms with Crippen molar-refractivity contribution in [2.24, 2.45) is 0 Å². The molecule has 0 unspecified atom stereocenters. The lowest BCUT2D eigenvalue weighted by Gasteiger charge is -2.36. The molecule has 7 heteroatoms. The summed E-state index contributed by atoms with van der Waals surface area (Å²) in [5, 5.41) is 0. The van der Waals surface area contributed by atoms with Crippen LogP contribution in [-0.2, 0) is 9.53 Å². The molecule has 7 nitrogen and oxygen atoms in total. The third kappa shape index (κ3) is 5.89. The Kier molecular flexibility index (Phi) is 7.45. The number of rotatable bonds is 6. The topological polar surface area (TPSA) is 56.3 Å². The molecule has 0 N–H and O–H groups in total. The fourth-order valence-corrected chi connectivity index (χ4v) is 2.32. The Morgan fingerprint density at radius 2 is 1.62 bits per heavy atom. The average Bonchev–Trinajstić information content (AvgIpc) is 2.46. The Morgan fingerprint density at radius 3 is 2.14 bits per heavy atom. The first-order valence-electron chi connectivity index (χ1n) is 7.37. The van der Waals surface area contributed by atoms with Crippen LogP contribution < -0.4 is 0 Å². The Hall–Kier alpha value is -1.34. The van der Waals surface area contributed by atoms with Crippen LogP contribution in [0, 0.1) is 0 Å². The summed E-state index contributed by atoms with van der Waals surface area (Å²) in [6.45, 7) is 4.43. The molecule has 0 aliphatic carbocycles. The lowest BCUT2D eigenvalue weighted by atomic mass is 10.3.